The third-order valence-electron chi connectivity index (χ3n) is 4.16. The van der Waals surface area contributed by atoms with Gasteiger partial charge in [-0.15, -0.1) is 0 Å². The van der Waals surface area contributed by atoms with E-state index in [9.17, 15) is 9.59 Å². The summed E-state index contributed by atoms with van der Waals surface area (Å²) in [6.07, 6.45) is 4.32. The molecule has 2 fully saturated rings. The Kier molecular flexibility index (Phi) is 5.79. The lowest BCUT2D eigenvalue weighted by Crippen LogP contribution is -2.45. The molecule has 2 aliphatic rings. The summed E-state index contributed by atoms with van der Waals surface area (Å²) >= 11 is 0. The van der Waals surface area contributed by atoms with Crippen molar-refractivity contribution in [3.05, 3.63) is 0 Å². The number of nitrogens with two attached hydrogens (primary N) is 1. The van der Waals surface area contributed by atoms with Gasteiger partial charge in [0.25, 0.3) is 0 Å². The van der Waals surface area contributed by atoms with Gasteiger partial charge in [0, 0.05) is 32.1 Å². The molecule has 6 nitrogen and oxygen atoms in total. The van der Waals surface area contributed by atoms with Crippen LogP contribution in [0.15, 0.2) is 0 Å². The second-order valence-electron chi connectivity index (χ2n) is 5.59. The van der Waals surface area contributed by atoms with Gasteiger partial charge in [-0.3, -0.25) is 9.59 Å². The first-order valence-electron chi connectivity index (χ1n) is 7.57. The van der Waals surface area contributed by atoms with Crippen molar-refractivity contribution in [1.82, 2.24) is 10.2 Å². The van der Waals surface area contributed by atoms with E-state index in [-0.39, 0.29) is 23.8 Å². The van der Waals surface area contributed by atoms with Crippen LogP contribution < -0.4 is 11.1 Å². The molecule has 0 radical (unpaired) electrons. The topological polar surface area (TPSA) is 84.7 Å². The fourth-order valence-electron chi connectivity index (χ4n) is 2.88. The zero-order chi connectivity index (χ0) is 14.4. The number of carbonyl (C=O) groups is 2. The first-order valence-corrected chi connectivity index (χ1v) is 7.57. The van der Waals surface area contributed by atoms with Crippen LogP contribution in [0.4, 0.5) is 0 Å². The summed E-state index contributed by atoms with van der Waals surface area (Å²) in [5.41, 5.74) is 5.98. The molecule has 1 heterocycles. The van der Waals surface area contributed by atoms with Crippen molar-refractivity contribution in [3.63, 3.8) is 0 Å². The SMILES string of the molecule is NC1CCCCC1C(=O)NCCC(=O)N1CCOCC1. The van der Waals surface area contributed by atoms with Gasteiger partial charge >= 0.3 is 0 Å². The molecule has 0 spiro atoms. The van der Waals surface area contributed by atoms with E-state index < -0.39 is 0 Å². The van der Waals surface area contributed by atoms with Gasteiger partial charge in [-0.25, -0.2) is 0 Å². The highest BCUT2D eigenvalue weighted by Gasteiger charge is 2.28. The Bertz CT molecular complexity index is 343. The maximum atomic E-state index is 12.0. The number of ether oxygens (including phenoxy) is 1. The molecule has 1 saturated heterocycles. The molecule has 1 aliphatic carbocycles. The molecule has 2 unspecified atom stereocenters. The number of carbonyl (C=O) groups excluding carboxylic acids is 2. The second-order valence-corrected chi connectivity index (χ2v) is 5.59. The summed E-state index contributed by atoms with van der Waals surface area (Å²) in [5, 5.41) is 2.86. The summed E-state index contributed by atoms with van der Waals surface area (Å²) in [4.78, 5) is 25.7. The summed E-state index contributed by atoms with van der Waals surface area (Å²) in [6, 6.07) is -0.0290. The molecule has 2 atom stereocenters. The molecule has 6 heteroatoms. The van der Waals surface area contributed by atoms with Crippen LogP contribution in [0.1, 0.15) is 32.1 Å². The van der Waals surface area contributed by atoms with Crippen LogP contribution in [0, 0.1) is 5.92 Å². The van der Waals surface area contributed by atoms with Gasteiger partial charge in [0.05, 0.1) is 19.1 Å². The van der Waals surface area contributed by atoms with Crippen LogP contribution in [0.3, 0.4) is 0 Å². The van der Waals surface area contributed by atoms with Gasteiger partial charge in [-0.1, -0.05) is 12.8 Å². The summed E-state index contributed by atoms with van der Waals surface area (Å²) in [7, 11) is 0. The maximum Gasteiger partial charge on any atom is 0.224 e. The molecule has 1 saturated carbocycles. The lowest BCUT2D eigenvalue weighted by atomic mass is 9.84. The van der Waals surface area contributed by atoms with Crippen LogP contribution >= 0.6 is 0 Å². The number of rotatable bonds is 4. The zero-order valence-electron chi connectivity index (χ0n) is 12.0. The van der Waals surface area contributed by atoms with Crippen molar-refractivity contribution < 1.29 is 14.3 Å². The quantitative estimate of drug-likeness (QED) is 0.752. The number of nitrogens with zero attached hydrogens (tertiary/aromatic N) is 1. The highest BCUT2D eigenvalue weighted by molar-refractivity contribution is 5.81. The van der Waals surface area contributed by atoms with Crippen molar-refractivity contribution in [2.75, 3.05) is 32.8 Å². The summed E-state index contributed by atoms with van der Waals surface area (Å²) in [6.45, 7) is 2.92. The van der Waals surface area contributed by atoms with Gasteiger partial charge in [0.1, 0.15) is 0 Å². The predicted molar refractivity (Wildman–Crippen MR) is 75.0 cm³/mol. The van der Waals surface area contributed by atoms with Crippen LogP contribution in [-0.2, 0) is 14.3 Å². The zero-order valence-corrected chi connectivity index (χ0v) is 12.0. The number of amides is 2. The van der Waals surface area contributed by atoms with Gasteiger partial charge < -0.3 is 20.7 Å². The van der Waals surface area contributed by atoms with Crippen LogP contribution in [0.25, 0.3) is 0 Å². The summed E-state index contributed by atoms with van der Waals surface area (Å²) in [5.74, 6) is 0.00996. The Morgan fingerprint density at radius 3 is 2.60 bits per heavy atom. The molecular formula is C14H25N3O3. The Balaban J connectivity index is 1.66. The van der Waals surface area contributed by atoms with E-state index in [4.69, 9.17) is 10.5 Å². The van der Waals surface area contributed by atoms with E-state index in [1.165, 1.54) is 0 Å². The minimum absolute atomic E-state index is 0.00646. The summed E-state index contributed by atoms with van der Waals surface area (Å²) < 4.78 is 5.21. The molecule has 2 amide bonds. The minimum atomic E-state index is -0.0813. The van der Waals surface area contributed by atoms with E-state index in [1.54, 1.807) is 4.90 Å². The highest BCUT2D eigenvalue weighted by atomic mass is 16.5. The second kappa shape index (κ2) is 7.59. The Hall–Kier alpha value is -1.14. The van der Waals surface area contributed by atoms with Crippen molar-refractivity contribution >= 4 is 11.8 Å². The van der Waals surface area contributed by atoms with Crippen LogP contribution in [0.5, 0.6) is 0 Å². The van der Waals surface area contributed by atoms with Gasteiger partial charge in [-0.2, -0.15) is 0 Å². The molecule has 3 N–H and O–H groups in total. The van der Waals surface area contributed by atoms with E-state index in [1.807, 2.05) is 0 Å². The Morgan fingerprint density at radius 2 is 1.90 bits per heavy atom. The van der Waals surface area contributed by atoms with E-state index in [2.05, 4.69) is 5.32 Å². The smallest absolute Gasteiger partial charge is 0.224 e. The normalized spacial score (nSPS) is 27.1. The lowest BCUT2D eigenvalue weighted by molar-refractivity contribution is -0.135. The van der Waals surface area contributed by atoms with E-state index in [0.29, 0.717) is 39.3 Å². The fourth-order valence-corrected chi connectivity index (χ4v) is 2.88. The third kappa shape index (κ3) is 4.18. The van der Waals surface area contributed by atoms with Crippen molar-refractivity contribution in [3.8, 4) is 0 Å². The van der Waals surface area contributed by atoms with E-state index in [0.717, 1.165) is 25.7 Å². The third-order valence-corrected chi connectivity index (χ3v) is 4.16. The molecule has 0 aromatic carbocycles. The Morgan fingerprint density at radius 1 is 1.20 bits per heavy atom. The number of morpholine rings is 1. The lowest BCUT2D eigenvalue weighted by Gasteiger charge is -2.28. The van der Waals surface area contributed by atoms with Crippen molar-refractivity contribution in [1.29, 1.82) is 0 Å². The van der Waals surface area contributed by atoms with Gasteiger partial charge in [-0.05, 0) is 12.8 Å². The molecule has 20 heavy (non-hydrogen) atoms. The molecule has 0 bridgehead atoms. The minimum Gasteiger partial charge on any atom is -0.378 e. The molecule has 2 rings (SSSR count). The number of hydrogen-bond acceptors (Lipinski definition) is 4. The van der Waals surface area contributed by atoms with Crippen molar-refractivity contribution in [2.24, 2.45) is 11.7 Å². The molecule has 0 aromatic rings. The van der Waals surface area contributed by atoms with Gasteiger partial charge in [0.15, 0.2) is 0 Å². The highest BCUT2D eigenvalue weighted by Crippen LogP contribution is 2.22. The molecule has 0 aromatic heterocycles. The average Bonchev–Trinajstić information content (AvgIpc) is 2.48. The van der Waals surface area contributed by atoms with Crippen molar-refractivity contribution in [2.45, 2.75) is 38.1 Å². The number of nitrogens with one attached hydrogen (secondary N) is 1. The van der Waals surface area contributed by atoms with Crippen LogP contribution in [-0.4, -0.2) is 55.6 Å². The maximum absolute atomic E-state index is 12.0. The monoisotopic (exact) mass is 283 g/mol. The molecule has 114 valence electrons. The molecular weight excluding hydrogens is 258 g/mol. The van der Waals surface area contributed by atoms with Gasteiger partial charge in [0.2, 0.25) is 11.8 Å². The number of hydrogen-bond donors (Lipinski definition) is 2. The standard InChI is InChI=1S/C14H25N3O3/c15-12-4-2-1-3-11(12)14(19)16-6-5-13(18)17-7-9-20-10-8-17/h11-12H,1-10,15H2,(H,16,19). The van der Waals surface area contributed by atoms with E-state index >= 15 is 0 Å². The molecule has 1 aliphatic heterocycles. The van der Waals surface area contributed by atoms with Crippen LogP contribution in [0.2, 0.25) is 0 Å². The first kappa shape index (κ1) is 15.3. The first-order chi connectivity index (χ1) is 9.68. The predicted octanol–water partition coefficient (Wildman–Crippen LogP) is -0.131. The Labute approximate surface area is 120 Å². The largest absolute Gasteiger partial charge is 0.378 e. The fraction of sp³-hybridized carbons (Fsp3) is 0.857. The average molecular weight is 283 g/mol.